The van der Waals surface area contributed by atoms with Crippen LogP contribution in [-0.2, 0) is 4.74 Å². The molecule has 0 bridgehead atoms. The van der Waals surface area contributed by atoms with E-state index in [1.165, 1.54) is 11.1 Å². The van der Waals surface area contributed by atoms with Crippen molar-refractivity contribution in [2.75, 3.05) is 7.11 Å². The van der Waals surface area contributed by atoms with Crippen LogP contribution in [0.5, 0.6) is 0 Å². The summed E-state index contributed by atoms with van der Waals surface area (Å²) in [6, 6.07) is 10.3. The summed E-state index contributed by atoms with van der Waals surface area (Å²) in [6.07, 6.45) is 7.12. The van der Waals surface area contributed by atoms with Gasteiger partial charge in [0.25, 0.3) is 0 Å². The Bertz CT molecular complexity index is 394. The number of ether oxygens (including phenoxy) is 1. The maximum Gasteiger partial charge on any atom is 0.151 e. The minimum absolute atomic E-state index is 0.372. The molecular weight excluding hydrogens is 252 g/mol. The quantitative estimate of drug-likeness (QED) is 0.740. The van der Waals surface area contributed by atoms with Crippen LogP contribution >= 0.6 is 15.9 Å². The Balaban J connectivity index is 2.42. The maximum atomic E-state index is 5.54. The molecule has 15 heavy (non-hydrogen) atoms. The maximum absolute atomic E-state index is 5.54. The van der Waals surface area contributed by atoms with Crippen LogP contribution in [0, 0.1) is 0 Å². The summed E-state index contributed by atoms with van der Waals surface area (Å²) >= 11 is 3.66. The van der Waals surface area contributed by atoms with Crippen molar-refractivity contribution in [1.29, 1.82) is 0 Å². The van der Waals surface area contributed by atoms with Crippen LogP contribution in [0.1, 0.15) is 12.0 Å². The van der Waals surface area contributed by atoms with Crippen molar-refractivity contribution in [1.82, 2.24) is 0 Å². The number of allylic oxidation sites excluding steroid dienone is 2. The number of benzene rings is 1. The lowest BCUT2D eigenvalue weighted by atomic mass is 9.94. The molecule has 0 heterocycles. The summed E-state index contributed by atoms with van der Waals surface area (Å²) in [6.45, 7) is 0. The van der Waals surface area contributed by atoms with Crippen LogP contribution < -0.4 is 0 Å². The molecule has 1 aromatic carbocycles. The van der Waals surface area contributed by atoms with Crippen LogP contribution in [0.3, 0.4) is 0 Å². The lowest BCUT2D eigenvalue weighted by molar-refractivity contribution is 0.127. The zero-order valence-electron chi connectivity index (χ0n) is 8.61. The molecule has 0 aromatic heterocycles. The van der Waals surface area contributed by atoms with Crippen LogP contribution in [0.25, 0.3) is 5.57 Å². The third-order valence-corrected chi connectivity index (χ3v) is 3.66. The van der Waals surface area contributed by atoms with E-state index in [9.17, 15) is 0 Å². The molecular formula is C13H13BrO. The van der Waals surface area contributed by atoms with E-state index in [4.69, 9.17) is 4.74 Å². The third-order valence-electron chi connectivity index (χ3n) is 2.59. The van der Waals surface area contributed by atoms with Gasteiger partial charge in [-0.3, -0.25) is 0 Å². The molecule has 1 nitrogen and oxygen atoms in total. The van der Waals surface area contributed by atoms with E-state index in [1.807, 2.05) is 18.2 Å². The molecule has 0 spiro atoms. The first-order chi connectivity index (χ1) is 7.26. The highest BCUT2D eigenvalue weighted by Crippen LogP contribution is 2.40. The first-order valence-electron chi connectivity index (χ1n) is 4.93. The Morgan fingerprint density at radius 2 is 2.00 bits per heavy atom. The normalized spacial score (nSPS) is 25.1. The van der Waals surface area contributed by atoms with Crippen molar-refractivity contribution in [2.45, 2.75) is 10.9 Å². The van der Waals surface area contributed by atoms with E-state index in [2.05, 4.69) is 46.3 Å². The van der Waals surface area contributed by atoms with Gasteiger partial charge in [0.05, 0.1) is 0 Å². The molecule has 1 aliphatic carbocycles. The molecule has 0 saturated heterocycles. The van der Waals surface area contributed by atoms with E-state index in [-0.39, 0.29) is 4.51 Å². The topological polar surface area (TPSA) is 9.23 Å². The summed E-state index contributed by atoms with van der Waals surface area (Å²) in [5.41, 5.74) is 2.37. The summed E-state index contributed by atoms with van der Waals surface area (Å²) in [7, 11) is 1.73. The average Bonchev–Trinajstić information content (AvgIpc) is 2.31. The van der Waals surface area contributed by atoms with Gasteiger partial charge in [0.1, 0.15) is 0 Å². The second-order valence-corrected chi connectivity index (χ2v) is 4.79. The highest BCUT2D eigenvalue weighted by atomic mass is 79.9. The van der Waals surface area contributed by atoms with Crippen molar-refractivity contribution in [3.63, 3.8) is 0 Å². The van der Waals surface area contributed by atoms with Crippen molar-refractivity contribution >= 4 is 21.5 Å². The highest BCUT2D eigenvalue weighted by molar-refractivity contribution is 9.10. The van der Waals surface area contributed by atoms with Gasteiger partial charge in [-0.2, -0.15) is 0 Å². The molecule has 1 aromatic rings. The van der Waals surface area contributed by atoms with Crippen LogP contribution in [0.15, 0.2) is 48.6 Å². The molecule has 78 valence electrons. The second-order valence-electron chi connectivity index (χ2n) is 3.51. The smallest absolute Gasteiger partial charge is 0.151 e. The largest absolute Gasteiger partial charge is 0.362 e. The molecule has 0 fully saturated rings. The van der Waals surface area contributed by atoms with Gasteiger partial charge in [0, 0.05) is 19.1 Å². The first kappa shape index (κ1) is 10.7. The van der Waals surface area contributed by atoms with Gasteiger partial charge < -0.3 is 4.74 Å². The van der Waals surface area contributed by atoms with Gasteiger partial charge in [0.2, 0.25) is 0 Å². The number of halogens is 1. The molecule has 0 saturated carbocycles. The van der Waals surface area contributed by atoms with E-state index in [1.54, 1.807) is 7.11 Å². The van der Waals surface area contributed by atoms with Gasteiger partial charge in [0.15, 0.2) is 4.51 Å². The standard InChI is InChI=1S/C13H13BrO/c1-15-13(14)10-6-5-9-12(13)11-7-3-2-4-8-11/h2-9H,10H2,1H3. The molecule has 1 unspecified atom stereocenters. The van der Waals surface area contributed by atoms with Gasteiger partial charge >= 0.3 is 0 Å². The second kappa shape index (κ2) is 4.33. The van der Waals surface area contributed by atoms with E-state index in [0.29, 0.717) is 0 Å². The minimum Gasteiger partial charge on any atom is -0.362 e. The Labute approximate surface area is 98.6 Å². The summed E-state index contributed by atoms with van der Waals surface area (Å²) in [5, 5.41) is 0. The Kier molecular flexibility index (Phi) is 3.08. The Morgan fingerprint density at radius 1 is 1.27 bits per heavy atom. The lowest BCUT2D eigenvalue weighted by Crippen LogP contribution is -2.25. The Hall–Kier alpha value is -0.860. The van der Waals surface area contributed by atoms with E-state index >= 15 is 0 Å². The fraction of sp³-hybridized carbons (Fsp3) is 0.231. The van der Waals surface area contributed by atoms with Crippen molar-refractivity contribution in [3.05, 3.63) is 54.1 Å². The monoisotopic (exact) mass is 264 g/mol. The van der Waals surface area contributed by atoms with Crippen molar-refractivity contribution < 1.29 is 4.74 Å². The molecule has 2 rings (SSSR count). The van der Waals surface area contributed by atoms with E-state index < -0.39 is 0 Å². The molecule has 0 radical (unpaired) electrons. The lowest BCUT2D eigenvalue weighted by Gasteiger charge is -2.30. The van der Waals surface area contributed by atoms with Crippen LogP contribution in [0.4, 0.5) is 0 Å². The van der Waals surface area contributed by atoms with Gasteiger partial charge in [-0.1, -0.05) is 48.6 Å². The van der Waals surface area contributed by atoms with Crippen LogP contribution in [0.2, 0.25) is 0 Å². The molecule has 1 aliphatic rings. The number of hydrogen-bond donors (Lipinski definition) is 0. The van der Waals surface area contributed by atoms with Gasteiger partial charge in [-0.05, 0) is 21.5 Å². The molecule has 1 atom stereocenters. The fourth-order valence-electron chi connectivity index (χ4n) is 1.74. The van der Waals surface area contributed by atoms with Gasteiger partial charge in [-0.25, -0.2) is 0 Å². The number of methoxy groups -OCH3 is 1. The zero-order chi connectivity index (χ0) is 10.7. The van der Waals surface area contributed by atoms with E-state index in [0.717, 1.165) is 6.42 Å². The first-order valence-corrected chi connectivity index (χ1v) is 5.72. The molecule has 0 N–H and O–H groups in total. The predicted molar refractivity (Wildman–Crippen MR) is 66.8 cm³/mol. The zero-order valence-corrected chi connectivity index (χ0v) is 10.2. The predicted octanol–water partition coefficient (Wildman–Crippen LogP) is 3.77. The average molecular weight is 265 g/mol. The third kappa shape index (κ3) is 2.06. The number of rotatable bonds is 2. The number of alkyl halides is 1. The van der Waals surface area contributed by atoms with Crippen molar-refractivity contribution in [3.8, 4) is 0 Å². The minimum atomic E-state index is -0.372. The molecule has 0 amide bonds. The van der Waals surface area contributed by atoms with Crippen LogP contribution in [-0.4, -0.2) is 11.6 Å². The molecule has 2 heteroatoms. The molecule has 0 aliphatic heterocycles. The number of hydrogen-bond acceptors (Lipinski definition) is 1. The fourth-order valence-corrected chi connectivity index (χ4v) is 2.29. The van der Waals surface area contributed by atoms with Gasteiger partial charge in [-0.15, -0.1) is 0 Å². The Morgan fingerprint density at radius 3 is 2.67 bits per heavy atom. The van der Waals surface area contributed by atoms with Crippen molar-refractivity contribution in [2.24, 2.45) is 0 Å². The summed E-state index contributed by atoms with van der Waals surface area (Å²) < 4.78 is 5.17. The SMILES string of the molecule is COC1(Br)CC=CC=C1c1ccccc1. The highest BCUT2D eigenvalue weighted by Gasteiger charge is 2.31. The summed E-state index contributed by atoms with van der Waals surface area (Å²) in [5.74, 6) is 0. The summed E-state index contributed by atoms with van der Waals surface area (Å²) in [4.78, 5) is 0.